The standard InChI is InChI=1S/C13H13F3N2S2/c1-2-19-9-5-3-8(4-6-9)11(17)10-7-18-12(20-10)13(14,15)16/h3-7,11H,2,17H2,1H3. The number of hydrogen-bond acceptors (Lipinski definition) is 4. The first-order valence-corrected chi connectivity index (χ1v) is 7.73. The van der Waals surface area contributed by atoms with Gasteiger partial charge in [-0.1, -0.05) is 19.1 Å². The van der Waals surface area contributed by atoms with Gasteiger partial charge in [0.2, 0.25) is 0 Å². The Kier molecular flexibility index (Phi) is 4.72. The fraction of sp³-hybridized carbons (Fsp3) is 0.308. The molecule has 0 amide bonds. The zero-order valence-electron chi connectivity index (χ0n) is 10.6. The largest absolute Gasteiger partial charge is 0.443 e. The van der Waals surface area contributed by atoms with Crippen molar-refractivity contribution in [2.24, 2.45) is 5.73 Å². The number of halogens is 3. The molecule has 2 N–H and O–H groups in total. The zero-order chi connectivity index (χ0) is 14.8. The van der Waals surface area contributed by atoms with Crippen LogP contribution in [0.3, 0.4) is 0 Å². The van der Waals surface area contributed by atoms with Gasteiger partial charge in [-0.25, -0.2) is 4.98 Å². The number of rotatable bonds is 4. The maximum atomic E-state index is 12.5. The van der Waals surface area contributed by atoms with E-state index >= 15 is 0 Å². The van der Waals surface area contributed by atoms with Crippen molar-refractivity contribution in [2.75, 3.05) is 5.75 Å². The van der Waals surface area contributed by atoms with Crippen molar-refractivity contribution in [2.45, 2.75) is 24.0 Å². The molecule has 0 aliphatic heterocycles. The Bertz CT molecular complexity index is 564. The highest BCUT2D eigenvalue weighted by Crippen LogP contribution is 2.35. The molecular weight excluding hydrogens is 305 g/mol. The highest BCUT2D eigenvalue weighted by atomic mass is 32.2. The van der Waals surface area contributed by atoms with E-state index in [1.165, 1.54) is 6.20 Å². The fourth-order valence-corrected chi connectivity index (χ4v) is 3.14. The molecule has 0 radical (unpaired) electrons. The van der Waals surface area contributed by atoms with Crippen molar-refractivity contribution in [3.8, 4) is 0 Å². The van der Waals surface area contributed by atoms with Gasteiger partial charge in [0.15, 0.2) is 5.01 Å². The Morgan fingerprint density at radius 3 is 2.45 bits per heavy atom. The van der Waals surface area contributed by atoms with Gasteiger partial charge in [0.05, 0.1) is 6.04 Å². The van der Waals surface area contributed by atoms with Crippen LogP contribution in [0.2, 0.25) is 0 Å². The molecule has 0 saturated heterocycles. The number of benzene rings is 1. The molecule has 0 spiro atoms. The van der Waals surface area contributed by atoms with Crippen molar-refractivity contribution >= 4 is 23.1 Å². The minimum absolute atomic E-state index is 0.410. The molecule has 20 heavy (non-hydrogen) atoms. The molecule has 0 fully saturated rings. The number of alkyl halides is 3. The Morgan fingerprint density at radius 2 is 1.95 bits per heavy atom. The van der Waals surface area contributed by atoms with E-state index in [0.717, 1.165) is 16.2 Å². The number of nitrogens with zero attached hydrogens (tertiary/aromatic N) is 1. The van der Waals surface area contributed by atoms with Crippen LogP contribution in [0.1, 0.15) is 28.4 Å². The van der Waals surface area contributed by atoms with E-state index in [-0.39, 0.29) is 0 Å². The normalized spacial score (nSPS) is 13.4. The third-order valence-corrected chi connectivity index (χ3v) is 4.64. The van der Waals surface area contributed by atoms with Crippen LogP contribution in [0.25, 0.3) is 0 Å². The average Bonchev–Trinajstić information content (AvgIpc) is 2.89. The molecule has 2 rings (SSSR count). The van der Waals surface area contributed by atoms with Gasteiger partial charge in [-0.2, -0.15) is 13.2 Å². The van der Waals surface area contributed by atoms with E-state index in [1.54, 1.807) is 11.8 Å². The quantitative estimate of drug-likeness (QED) is 0.853. The summed E-state index contributed by atoms with van der Waals surface area (Å²) in [5.41, 5.74) is 6.77. The van der Waals surface area contributed by atoms with Gasteiger partial charge in [0, 0.05) is 16.0 Å². The third kappa shape index (κ3) is 3.53. The highest BCUT2D eigenvalue weighted by Gasteiger charge is 2.35. The van der Waals surface area contributed by atoms with Gasteiger partial charge in [-0.3, -0.25) is 0 Å². The van der Waals surface area contributed by atoms with Crippen molar-refractivity contribution in [1.82, 2.24) is 4.98 Å². The Hall–Kier alpha value is -1.05. The molecule has 0 aliphatic carbocycles. The zero-order valence-corrected chi connectivity index (χ0v) is 12.3. The molecule has 1 unspecified atom stereocenters. The lowest BCUT2D eigenvalue weighted by Crippen LogP contribution is -2.10. The minimum atomic E-state index is -4.41. The molecular formula is C13H13F3N2S2. The number of aromatic nitrogens is 1. The molecule has 1 heterocycles. The van der Waals surface area contributed by atoms with Crippen molar-refractivity contribution < 1.29 is 13.2 Å². The molecule has 1 aromatic heterocycles. The first-order chi connectivity index (χ1) is 9.41. The molecule has 1 atom stereocenters. The summed E-state index contributed by atoms with van der Waals surface area (Å²) in [5.74, 6) is 0.967. The SMILES string of the molecule is CCSc1ccc(C(N)c2cnc(C(F)(F)F)s2)cc1. The summed E-state index contributed by atoms with van der Waals surface area (Å²) in [6.07, 6.45) is -3.21. The lowest BCUT2D eigenvalue weighted by Gasteiger charge is -2.10. The van der Waals surface area contributed by atoms with Crippen molar-refractivity contribution in [3.05, 3.63) is 45.9 Å². The summed E-state index contributed by atoms with van der Waals surface area (Å²) in [5, 5.41) is -0.860. The first kappa shape index (κ1) is 15.3. The number of thioether (sulfide) groups is 1. The second-order valence-corrected chi connectivity index (χ2v) is 6.44. The lowest BCUT2D eigenvalue weighted by molar-refractivity contribution is -0.137. The van der Waals surface area contributed by atoms with Crippen LogP contribution in [0, 0.1) is 0 Å². The Labute approximate surface area is 123 Å². The van der Waals surface area contributed by atoms with Crippen molar-refractivity contribution in [1.29, 1.82) is 0 Å². The summed E-state index contributed by atoms with van der Waals surface area (Å²) in [6.45, 7) is 2.06. The van der Waals surface area contributed by atoms with E-state index in [1.807, 2.05) is 24.3 Å². The van der Waals surface area contributed by atoms with E-state index in [9.17, 15) is 13.2 Å². The average molecular weight is 318 g/mol. The van der Waals surface area contributed by atoms with E-state index in [2.05, 4.69) is 11.9 Å². The number of thiazole rings is 1. The number of hydrogen-bond donors (Lipinski definition) is 1. The smallest absolute Gasteiger partial charge is 0.320 e. The van der Waals surface area contributed by atoms with Crippen LogP contribution >= 0.6 is 23.1 Å². The van der Waals surface area contributed by atoms with E-state index < -0.39 is 17.2 Å². The maximum Gasteiger partial charge on any atom is 0.443 e. The summed E-state index contributed by atoms with van der Waals surface area (Å²) >= 11 is 2.29. The molecule has 1 aromatic carbocycles. The van der Waals surface area contributed by atoms with Gasteiger partial charge >= 0.3 is 6.18 Å². The Morgan fingerprint density at radius 1 is 1.30 bits per heavy atom. The predicted octanol–water partition coefficient (Wildman–Crippen LogP) is 4.32. The molecule has 0 bridgehead atoms. The molecule has 0 saturated carbocycles. The fourth-order valence-electron chi connectivity index (χ4n) is 1.66. The van der Waals surface area contributed by atoms with Crippen LogP contribution in [-0.2, 0) is 6.18 Å². The van der Waals surface area contributed by atoms with E-state index in [4.69, 9.17) is 5.73 Å². The van der Waals surface area contributed by atoms with Crippen LogP contribution in [0.5, 0.6) is 0 Å². The molecule has 0 aliphatic rings. The van der Waals surface area contributed by atoms with Crippen molar-refractivity contribution in [3.63, 3.8) is 0 Å². The molecule has 2 nitrogen and oxygen atoms in total. The van der Waals surface area contributed by atoms with E-state index in [0.29, 0.717) is 16.2 Å². The van der Waals surface area contributed by atoms with Crippen LogP contribution in [0.15, 0.2) is 35.4 Å². The summed E-state index contributed by atoms with van der Waals surface area (Å²) < 4.78 is 37.5. The van der Waals surface area contributed by atoms with Gasteiger partial charge in [-0.15, -0.1) is 23.1 Å². The van der Waals surface area contributed by atoms with Gasteiger partial charge in [-0.05, 0) is 23.4 Å². The molecule has 7 heteroatoms. The predicted molar refractivity (Wildman–Crippen MR) is 76.0 cm³/mol. The first-order valence-electron chi connectivity index (χ1n) is 5.93. The summed E-state index contributed by atoms with van der Waals surface area (Å²) in [6, 6.07) is 6.96. The second kappa shape index (κ2) is 6.15. The summed E-state index contributed by atoms with van der Waals surface area (Å²) in [4.78, 5) is 4.92. The Balaban J connectivity index is 2.18. The van der Waals surface area contributed by atoms with Gasteiger partial charge < -0.3 is 5.73 Å². The lowest BCUT2D eigenvalue weighted by atomic mass is 10.1. The molecule has 2 aromatic rings. The maximum absolute atomic E-state index is 12.5. The topological polar surface area (TPSA) is 38.9 Å². The summed E-state index contributed by atoms with van der Waals surface area (Å²) in [7, 11) is 0. The van der Waals surface area contributed by atoms with Crippen LogP contribution < -0.4 is 5.73 Å². The monoisotopic (exact) mass is 318 g/mol. The highest BCUT2D eigenvalue weighted by molar-refractivity contribution is 7.99. The van der Waals surface area contributed by atoms with Crippen LogP contribution in [-0.4, -0.2) is 10.7 Å². The molecule has 108 valence electrons. The van der Waals surface area contributed by atoms with Crippen LogP contribution in [0.4, 0.5) is 13.2 Å². The minimum Gasteiger partial charge on any atom is -0.320 e. The van der Waals surface area contributed by atoms with Gasteiger partial charge in [0.25, 0.3) is 0 Å². The second-order valence-electron chi connectivity index (χ2n) is 4.05. The van der Waals surface area contributed by atoms with Gasteiger partial charge in [0.1, 0.15) is 0 Å². The number of nitrogens with two attached hydrogens (primary N) is 1. The third-order valence-electron chi connectivity index (χ3n) is 2.62.